The Kier molecular flexibility index (Phi) is 4.21. The van der Waals surface area contributed by atoms with E-state index in [-0.39, 0.29) is 5.78 Å². The lowest BCUT2D eigenvalue weighted by molar-refractivity contribution is -0.138. The molecule has 0 heterocycles. The Bertz CT molecular complexity index is 443. The molecule has 0 aromatic heterocycles. The van der Waals surface area contributed by atoms with Crippen LogP contribution in [0.3, 0.4) is 0 Å². The summed E-state index contributed by atoms with van der Waals surface area (Å²) in [5.74, 6) is 3.11. The molecule has 0 saturated carbocycles. The van der Waals surface area contributed by atoms with Crippen LogP contribution in [-0.2, 0) is 9.53 Å². The van der Waals surface area contributed by atoms with Crippen molar-refractivity contribution in [3.05, 3.63) is 35.9 Å². The van der Waals surface area contributed by atoms with E-state index >= 15 is 0 Å². The van der Waals surface area contributed by atoms with Crippen LogP contribution in [0.1, 0.15) is 17.3 Å². The van der Waals surface area contributed by atoms with Gasteiger partial charge in [-0.25, -0.2) is 4.79 Å². The van der Waals surface area contributed by atoms with E-state index in [0.717, 1.165) is 0 Å². The highest BCUT2D eigenvalue weighted by molar-refractivity contribution is 6.34. The van der Waals surface area contributed by atoms with Gasteiger partial charge in [0.05, 0.1) is 0 Å². The number of hydrogen-bond acceptors (Lipinski definition) is 5. The summed E-state index contributed by atoms with van der Waals surface area (Å²) in [6, 6.07) is 8.49. The average Bonchev–Trinajstić information content (AvgIpc) is 2.37. The lowest BCUT2D eigenvalue weighted by Crippen LogP contribution is -2.33. The van der Waals surface area contributed by atoms with Gasteiger partial charge in [-0.2, -0.15) is 5.10 Å². The number of esters is 1. The number of hydrazone groups is 1. The Hall–Kier alpha value is -2.37. The second-order valence-electron chi connectivity index (χ2n) is 3.29. The predicted octanol–water partition coefficient (Wildman–Crippen LogP) is 0.0319. The van der Waals surface area contributed by atoms with Gasteiger partial charge in [0.25, 0.3) is 0 Å². The summed E-state index contributed by atoms with van der Waals surface area (Å²) < 4.78 is 4.79. The van der Waals surface area contributed by atoms with Gasteiger partial charge in [0.15, 0.2) is 6.10 Å². The minimum absolute atomic E-state index is 0.316. The topological polar surface area (TPSA) is 108 Å². The number of ether oxygens (including phenoxy) is 1. The molecule has 1 aromatic carbocycles. The number of carbonyl (C=O) groups is 2. The molecule has 0 bridgehead atoms. The summed E-state index contributed by atoms with van der Waals surface area (Å²) in [6.07, 6.45) is -0.940. The molecule has 1 aromatic rings. The molecule has 4 N–H and O–H groups in total. The Labute approximate surface area is 98.2 Å². The molecule has 1 atom stereocenters. The van der Waals surface area contributed by atoms with Crippen molar-refractivity contribution in [2.45, 2.75) is 13.0 Å². The highest BCUT2D eigenvalue weighted by atomic mass is 16.5. The smallest absolute Gasteiger partial charge is 0.376 e. The van der Waals surface area contributed by atoms with Gasteiger partial charge < -0.3 is 16.3 Å². The molecule has 0 aliphatic carbocycles. The number of Topliss-reactive ketones (excluding diaryl/α,β-unsaturated/α-hetero) is 1. The third-order valence-electron chi connectivity index (χ3n) is 2.06. The molecular formula is C11H13N3O3. The Morgan fingerprint density at radius 3 is 2.41 bits per heavy atom. The van der Waals surface area contributed by atoms with Crippen molar-refractivity contribution in [3.63, 3.8) is 0 Å². The number of amidine groups is 1. The molecule has 1 unspecified atom stereocenters. The maximum atomic E-state index is 11.8. The van der Waals surface area contributed by atoms with Crippen molar-refractivity contribution in [3.8, 4) is 0 Å². The molecule has 1 rings (SSSR count). The maximum absolute atomic E-state index is 11.8. The first-order chi connectivity index (χ1) is 8.06. The number of hydrogen-bond donors (Lipinski definition) is 2. The molecule has 0 saturated heterocycles. The van der Waals surface area contributed by atoms with Crippen LogP contribution in [0.15, 0.2) is 35.4 Å². The summed E-state index contributed by atoms with van der Waals surface area (Å²) in [5, 5.41) is 2.98. The van der Waals surface area contributed by atoms with E-state index in [4.69, 9.17) is 16.3 Å². The predicted molar refractivity (Wildman–Crippen MR) is 62.1 cm³/mol. The lowest BCUT2D eigenvalue weighted by Gasteiger charge is -2.11. The van der Waals surface area contributed by atoms with Crippen LogP contribution in [0.2, 0.25) is 0 Å². The summed E-state index contributed by atoms with van der Waals surface area (Å²) in [4.78, 5) is 23.0. The molecule has 0 fully saturated rings. The van der Waals surface area contributed by atoms with Gasteiger partial charge in [0.1, 0.15) is 0 Å². The van der Waals surface area contributed by atoms with E-state index in [1.807, 2.05) is 0 Å². The molecule has 0 amide bonds. The second kappa shape index (κ2) is 5.64. The lowest BCUT2D eigenvalue weighted by atomic mass is 10.1. The highest BCUT2D eigenvalue weighted by Gasteiger charge is 2.20. The summed E-state index contributed by atoms with van der Waals surface area (Å²) in [7, 11) is 0. The zero-order valence-electron chi connectivity index (χ0n) is 9.29. The molecule has 0 radical (unpaired) electrons. The van der Waals surface area contributed by atoms with Crippen LogP contribution in [0.5, 0.6) is 0 Å². The van der Waals surface area contributed by atoms with Crippen LogP contribution in [-0.4, -0.2) is 23.7 Å². The fourth-order valence-electron chi connectivity index (χ4n) is 1.16. The Morgan fingerprint density at radius 1 is 1.29 bits per heavy atom. The van der Waals surface area contributed by atoms with Gasteiger partial charge in [0.2, 0.25) is 11.6 Å². The van der Waals surface area contributed by atoms with Gasteiger partial charge in [-0.3, -0.25) is 4.79 Å². The Balaban J connectivity index is 2.69. The Morgan fingerprint density at radius 2 is 1.88 bits per heavy atom. The van der Waals surface area contributed by atoms with Crippen LogP contribution < -0.4 is 11.6 Å². The first-order valence-corrected chi connectivity index (χ1v) is 4.90. The molecule has 6 nitrogen and oxygen atoms in total. The van der Waals surface area contributed by atoms with Gasteiger partial charge in [0, 0.05) is 5.56 Å². The van der Waals surface area contributed by atoms with Gasteiger partial charge in [-0.1, -0.05) is 30.3 Å². The second-order valence-corrected chi connectivity index (χ2v) is 3.29. The third kappa shape index (κ3) is 3.30. The van der Waals surface area contributed by atoms with E-state index < -0.39 is 17.9 Å². The fourth-order valence-corrected chi connectivity index (χ4v) is 1.16. The molecule has 0 spiro atoms. The monoisotopic (exact) mass is 235 g/mol. The minimum Gasteiger partial charge on any atom is -0.448 e. The maximum Gasteiger partial charge on any atom is 0.376 e. The van der Waals surface area contributed by atoms with Crippen LogP contribution in [0.4, 0.5) is 0 Å². The van der Waals surface area contributed by atoms with E-state index in [0.29, 0.717) is 5.56 Å². The number of nitrogens with two attached hydrogens (primary N) is 2. The molecule has 0 aliphatic heterocycles. The number of carbonyl (C=O) groups excluding carboxylic acids is 2. The van der Waals surface area contributed by atoms with Crippen LogP contribution in [0, 0.1) is 0 Å². The van der Waals surface area contributed by atoms with E-state index in [9.17, 15) is 9.59 Å². The van der Waals surface area contributed by atoms with Crippen LogP contribution >= 0.6 is 0 Å². The van der Waals surface area contributed by atoms with Crippen molar-refractivity contribution in [2.75, 3.05) is 0 Å². The number of nitrogens with zero attached hydrogens (tertiary/aromatic N) is 1. The zero-order valence-corrected chi connectivity index (χ0v) is 9.29. The number of benzene rings is 1. The van der Waals surface area contributed by atoms with Crippen molar-refractivity contribution < 1.29 is 14.3 Å². The minimum atomic E-state index is -0.940. The molecule has 0 aliphatic rings. The first-order valence-electron chi connectivity index (χ1n) is 4.90. The van der Waals surface area contributed by atoms with E-state index in [1.54, 1.807) is 30.3 Å². The van der Waals surface area contributed by atoms with Crippen molar-refractivity contribution in [1.82, 2.24) is 0 Å². The summed E-state index contributed by atoms with van der Waals surface area (Å²) in [5.41, 5.74) is 5.60. The largest absolute Gasteiger partial charge is 0.448 e. The molecule has 17 heavy (non-hydrogen) atoms. The van der Waals surface area contributed by atoms with Gasteiger partial charge >= 0.3 is 5.97 Å². The molecule has 6 heteroatoms. The molecular weight excluding hydrogens is 222 g/mol. The third-order valence-corrected chi connectivity index (χ3v) is 2.06. The van der Waals surface area contributed by atoms with Crippen molar-refractivity contribution >= 4 is 17.6 Å². The van der Waals surface area contributed by atoms with Crippen molar-refractivity contribution in [1.29, 1.82) is 0 Å². The van der Waals surface area contributed by atoms with Gasteiger partial charge in [-0.05, 0) is 6.92 Å². The van der Waals surface area contributed by atoms with Gasteiger partial charge in [-0.15, -0.1) is 0 Å². The van der Waals surface area contributed by atoms with Crippen LogP contribution in [0.25, 0.3) is 0 Å². The summed E-state index contributed by atoms with van der Waals surface area (Å²) >= 11 is 0. The zero-order chi connectivity index (χ0) is 12.8. The number of rotatable bonds is 3. The van der Waals surface area contributed by atoms with E-state index in [1.165, 1.54) is 6.92 Å². The highest BCUT2D eigenvalue weighted by Crippen LogP contribution is 2.06. The summed E-state index contributed by atoms with van der Waals surface area (Å²) in [6.45, 7) is 1.46. The van der Waals surface area contributed by atoms with Crippen molar-refractivity contribution in [2.24, 2.45) is 16.7 Å². The normalized spacial score (nSPS) is 12.9. The SMILES string of the molecule is CC(OC(=O)/C(N)=N/N)C(=O)c1ccccc1. The standard InChI is InChI=1S/C11H13N3O3/c1-7(17-11(16)10(12)14-13)9(15)8-5-3-2-4-6-8/h2-7H,13H2,1H3,(H2,12,14). The first kappa shape index (κ1) is 12.7. The quantitative estimate of drug-likeness (QED) is 0.192. The molecule has 90 valence electrons. The average molecular weight is 235 g/mol. The number of ketones is 1. The fraction of sp³-hybridized carbons (Fsp3) is 0.182. The van der Waals surface area contributed by atoms with E-state index in [2.05, 4.69) is 5.10 Å².